The predicted molar refractivity (Wildman–Crippen MR) is 153 cm³/mol. The third-order valence-electron chi connectivity index (χ3n) is 7.65. The van der Waals surface area contributed by atoms with Gasteiger partial charge in [-0.1, -0.05) is 42.0 Å². The number of aryl methyl sites for hydroxylation is 1. The van der Waals surface area contributed by atoms with E-state index in [1.54, 1.807) is 4.90 Å². The lowest BCUT2D eigenvalue weighted by molar-refractivity contribution is -0.141. The number of amides is 4. The van der Waals surface area contributed by atoms with Gasteiger partial charge < -0.3 is 20.1 Å². The number of carbonyl (C=O) groups is 4. The maximum absolute atomic E-state index is 14.1. The average Bonchev–Trinajstić information content (AvgIpc) is 2.97. The largest absolute Gasteiger partial charge is 0.465 e. The fourth-order valence-electron chi connectivity index (χ4n) is 5.48. The summed E-state index contributed by atoms with van der Waals surface area (Å²) in [6, 6.07) is 20.4. The molecular weight excluding hydrogens is 524 g/mol. The second-order valence-electron chi connectivity index (χ2n) is 10.5. The molecule has 2 atom stereocenters. The molecule has 3 aromatic rings. The minimum Gasteiger partial charge on any atom is -0.465 e. The van der Waals surface area contributed by atoms with Crippen LogP contribution >= 0.6 is 0 Å². The second kappa shape index (κ2) is 11.3. The molecule has 0 unspecified atom stereocenters. The van der Waals surface area contributed by atoms with Gasteiger partial charge in [-0.25, -0.2) is 9.59 Å². The van der Waals surface area contributed by atoms with E-state index < -0.39 is 29.7 Å². The first kappa shape index (κ1) is 27.7. The number of anilines is 2. The summed E-state index contributed by atoms with van der Waals surface area (Å²) < 4.78 is 5.90. The summed E-state index contributed by atoms with van der Waals surface area (Å²) in [5, 5.41) is 14.9. The van der Waals surface area contributed by atoms with Crippen LogP contribution in [0.3, 0.4) is 0 Å². The smallest absolute Gasteiger partial charge is 0.412 e. The summed E-state index contributed by atoms with van der Waals surface area (Å²) in [7, 11) is 1.41. The normalized spacial score (nSPS) is 18.5. The van der Waals surface area contributed by atoms with Crippen LogP contribution in [0.5, 0.6) is 0 Å². The molecular formula is C31H32N4O6. The highest BCUT2D eigenvalue weighted by Gasteiger charge is 2.47. The van der Waals surface area contributed by atoms with Crippen LogP contribution in [0, 0.1) is 6.92 Å². The Kier molecular flexibility index (Phi) is 7.65. The summed E-state index contributed by atoms with van der Waals surface area (Å²) >= 11 is 0. The maximum Gasteiger partial charge on any atom is 0.412 e. The van der Waals surface area contributed by atoms with Crippen molar-refractivity contribution in [3.63, 3.8) is 0 Å². The summed E-state index contributed by atoms with van der Waals surface area (Å²) in [6.45, 7) is 2.60. The molecule has 0 bridgehead atoms. The molecule has 2 aliphatic rings. The van der Waals surface area contributed by atoms with Crippen molar-refractivity contribution < 1.29 is 29.0 Å². The Labute approximate surface area is 237 Å². The molecule has 3 aromatic carbocycles. The van der Waals surface area contributed by atoms with Crippen LogP contribution in [0.2, 0.25) is 0 Å². The Bertz CT molecular complexity index is 1480. The van der Waals surface area contributed by atoms with Crippen LogP contribution < -0.4 is 15.5 Å². The Hall–Kier alpha value is -4.86. The molecule has 0 aliphatic carbocycles. The zero-order valence-corrected chi connectivity index (χ0v) is 22.9. The Morgan fingerprint density at radius 3 is 2.54 bits per heavy atom. The summed E-state index contributed by atoms with van der Waals surface area (Å²) in [5.41, 5.74) is 3.13. The highest BCUT2D eigenvalue weighted by molar-refractivity contribution is 5.98. The Morgan fingerprint density at radius 1 is 1.10 bits per heavy atom. The molecule has 41 heavy (non-hydrogen) atoms. The number of carboxylic acid groups (broad SMARTS) is 1. The van der Waals surface area contributed by atoms with Crippen LogP contribution in [-0.2, 0) is 21.6 Å². The molecule has 0 saturated carbocycles. The molecule has 0 radical (unpaired) electrons. The number of rotatable bonds is 6. The molecule has 10 nitrogen and oxygen atoms in total. The minimum absolute atomic E-state index is 0.174. The number of fused-ring (bicyclic) bond motifs is 2. The molecule has 3 N–H and O–H groups in total. The lowest BCUT2D eigenvalue weighted by Gasteiger charge is -2.45. The Morgan fingerprint density at radius 2 is 1.83 bits per heavy atom. The van der Waals surface area contributed by atoms with Crippen LogP contribution in [0.15, 0.2) is 72.8 Å². The van der Waals surface area contributed by atoms with Crippen molar-refractivity contribution in [3.8, 4) is 0 Å². The lowest BCUT2D eigenvalue weighted by atomic mass is 9.82. The zero-order chi connectivity index (χ0) is 29.1. The molecule has 2 heterocycles. The fourth-order valence-corrected chi connectivity index (χ4v) is 5.48. The molecule has 10 heteroatoms. The van der Waals surface area contributed by atoms with E-state index in [-0.39, 0.29) is 18.9 Å². The van der Waals surface area contributed by atoms with Crippen molar-refractivity contribution in [2.24, 2.45) is 0 Å². The van der Waals surface area contributed by atoms with E-state index in [1.165, 1.54) is 31.3 Å². The number of carbonyl (C=O) groups excluding carboxylic acids is 3. The van der Waals surface area contributed by atoms with Gasteiger partial charge in [-0.05, 0) is 61.7 Å². The van der Waals surface area contributed by atoms with Gasteiger partial charge in [0.1, 0.15) is 6.04 Å². The van der Waals surface area contributed by atoms with E-state index in [2.05, 4.69) is 10.6 Å². The highest BCUT2D eigenvalue weighted by atomic mass is 16.6. The second-order valence-corrected chi connectivity index (χ2v) is 10.5. The van der Waals surface area contributed by atoms with E-state index in [1.807, 2.05) is 55.5 Å². The Balaban J connectivity index is 1.40. The van der Waals surface area contributed by atoms with Crippen LogP contribution in [0.4, 0.5) is 21.0 Å². The number of nitrogens with zero attached hydrogens (tertiary/aromatic N) is 2. The third-order valence-corrected chi connectivity index (χ3v) is 7.65. The van der Waals surface area contributed by atoms with Crippen LogP contribution in [-0.4, -0.2) is 60.2 Å². The molecule has 0 aromatic heterocycles. The predicted octanol–water partition coefficient (Wildman–Crippen LogP) is 4.53. The van der Waals surface area contributed by atoms with Crippen molar-refractivity contribution in [3.05, 3.63) is 95.1 Å². The highest BCUT2D eigenvalue weighted by Crippen LogP contribution is 2.42. The van der Waals surface area contributed by atoms with Crippen molar-refractivity contribution in [2.75, 3.05) is 30.4 Å². The van der Waals surface area contributed by atoms with E-state index >= 15 is 0 Å². The number of piperidine rings is 1. The standard InChI is InChI=1S/C31H32N4O6/c1-20-9-14-25-24(17-20)31(41-29(38)33-25)15-6-16-35(19-31)28(37)26(18-21-7-4-3-5-8-21)32-27(36)22-10-12-23(13-11-22)34(2)30(39)40/h3-5,7-14,17,26H,6,15-16,18-19H2,1-2H3,(H,32,36)(H,33,38)(H,39,40)/t26-,31-/m0/s1. The first-order chi connectivity index (χ1) is 19.6. The molecule has 1 spiro atoms. The first-order valence-corrected chi connectivity index (χ1v) is 13.5. The topological polar surface area (TPSA) is 128 Å². The van der Waals surface area contributed by atoms with Gasteiger partial charge >= 0.3 is 12.2 Å². The number of hydrogen-bond donors (Lipinski definition) is 3. The van der Waals surface area contributed by atoms with Gasteiger partial charge in [0, 0.05) is 36.8 Å². The maximum atomic E-state index is 14.1. The number of hydrogen-bond acceptors (Lipinski definition) is 5. The molecule has 1 saturated heterocycles. The zero-order valence-electron chi connectivity index (χ0n) is 22.9. The van der Waals surface area contributed by atoms with Gasteiger partial charge in [0.25, 0.3) is 5.91 Å². The van der Waals surface area contributed by atoms with Gasteiger partial charge in [-0.2, -0.15) is 0 Å². The summed E-state index contributed by atoms with van der Waals surface area (Å²) in [4.78, 5) is 53.8. The molecule has 4 amide bonds. The summed E-state index contributed by atoms with van der Waals surface area (Å²) in [6.07, 6.45) is -0.204. The first-order valence-electron chi connectivity index (χ1n) is 13.5. The van der Waals surface area contributed by atoms with E-state index in [0.29, 0.717) is 36.3 Å². The van der Waals surface area contributed by atoms with E-state index in [4.69, 9.17) is 4.74 Å². The summed E-state index contributed by atoms with van der Waals surface area (Å²) in [5.74, 6) is -0.725. The lowest BCUT2D eigenvalue weighted by Crippen LogP contribution is -2.57. The van der Waals surface area contributed by atoms with Gasteiger partial charge in [0.15, 0.2) is 5.60 Å². The average molecular weight is 557 g/mol. The third kappa shape index (κ3) is 5.86. The van der Waals surface area contributed by atoms with Gasteiger partial charge in [0.2, 0.25) is 5.91 Å². The van der Waals surface area contributed by atoms with Gasteiger partial charge in [0.05, 0.1) is 12.2 Å². The van der Waals surface area contributed by atoms with Gasteiger partial charge in [-0.3, -0.25) is 19.8 Å². The van der Waals surface area contributed by atoms with Crippen LogP contribution in [0.25, 0.3) is 0 Å². The number of nitrogens with one attached hydrogen (secondary N) is 2. The van der Waals surface area contributed by atoms with Crippen molar-refractivity contribution in [2.45, 2.75) is 37.8 Å². The molecule has 212 valence electrons. The number of benzene rings is 3. The molecule has 2 aliphatic heterocycles. The van der Waals surface area contributed by atoms with Crippen LogP contribution in [0.1, 0.15) is 39.9 Å². The number of ether oxygens (including phenoxy) is 1. The SMILES string of the molecule is Cc1ccc2c(c1)[C@@]1(CCCN(C(=O)[C@H](Cc3ccccc3)NC(=O)c3ccc(N(C)C(=O)O)cc3)C1)OC(=O)N2. The van der Waals surface area contributed by atoms with Crippen molar-refractivity contribution >= 4 is 35.4 Å². The van der Waals surface area contributed by atoms with Crippen molar-refractivity contribution in [1.29, 1.82) is 0 Å². The molecule has 5 rings (SSSR count). The number of likely N-dealkylation sites (tertiary alicyclic amines) is 1. The van der Waals surface area contributed by atoms with Gasteiger partial charge in [-0.15, -0.1) is 0 Å². The fraction of sp³-hybridized carbons (Fsp3) is 0.290. The monoisotopic (exact) mass is 556 g/mol. The van der Waals surface area contributed by atoms with E-state index in [9.17, 15) is 24.3 Å². The van der Waals surface area contributed by atoms with E-state index in [0.717, 1.165) is 21.6 Å². The van der Waals surface area contributed by atoms with Crippen molar-refractivity contribution in [1.82, 2.24) is 10.2 Å². The molecule has 1 fully saturated rings. The minimum atomic E-state index is -1.12. The quantitative estimate of drug-likeness (QED) is 0.409.